The third kappa shape index (κ3) is 2.82. The van der Waals surface area contributed by atoms with Crippen LogP contribution in [0.15, 0.2) is 35.3 Å². The van der Waals surface area contributed by atoms with E-state index in [0.717, 1.165) is 17.5 Å². The molecule has 5 nitrogen and oxygen atoms in total. The van der Waals surface area contributed by atoms with Gasteiger partial charge in [0, 0.05) is 30.9 Å². The van der Waals surface area contributed by atoms with Crippen molar-refractivity contribution in [3.05, 3.63) is 40.8 Å². The summed E-state index contributed by atoms with van der Waals surface area (Å²) in [5.41, 5.74) is 0.782. The average molecular weight is 274 g/mol. The second-order valence-electron chi connectivity index (χ2n) is 4.84. The van der Waals surface area contributed by atoms with Crippen molar-refractivity contribution >= 4 is 22.4 Å². The normalized spacial score (nSPS) is 10.7. The molecule has 0 saturated carbocycles. The molecular formula is C15H18N2O3. The van der Waals surface area contributed by atoms with Gasteiger partial charge in [-0.25, -0.2) is 0 Å². The number of hydrogen-bond donors (Lipinski definition) is 1. The Bertz CT molecular complexity index is 691. The van der Waals surface area contributed by atoms with Gasteiger partial charge in [-0.05, 0) is 36.1 Å². The fraction of sp³-hybridized carbons (Fsp3) is 0.333. The first-order valence-electron chi connectivity index (χ1n) is 6.59. The van der Waals surface area contributed by atoms with E-state index in [4.69, 9.17) is 5.11 Å². The maximum absolute atomic E-state index is 12.2. The highest BCUT2D eigenvalue weighted by Crippen LogP contribution is 2.19. The molecule has 106 valence electrons. The fourth-order valence-corrected chi connectivity index (χ4v) is 2.22. The van der Waals surface area contributed by atoms with E-state index in [9.17, 15) is 9.59 Å². The fourth-order valence-electron chi connectivity index (χ4n) is 2.22. The first-order valence-corrected chi connectivity index (χ1v) is 6.59. The standard InChI is InChI=1S/C15H18N2O3/c1-3-7-17-8-6-11-9-12(16(2)10-14(18)19)4-5-13(11)15(17)20/h4-6,8-9H,3,7,10H2,1-2H3,(H,18,19). The average Bonchev–Trinajstić information content (AvgIpc) is 2.41. The van der Waals surface area contributed by atoms with Gasteiger partial charge in [0.15, 0.2) is 0 Å². The SMILES string of the molecule is CCCn1ccc2cc(N(C)CC(=O)O)ccc2c1=O. The van der Waals surface area contributed by atoms with Crippen molar-refractivity contribution < 1.29 is 9.90 Å². The third-order valence-corrected chi connectivity index (χ3v) is 3.24. The smallest absolute Gasteiger partial charge is 0.323 e. The van der Waals surface area contributed by atoms with E-state index in [0.29, 0.717) is 11.9 Å². The van der Waals surface area contributed by atoms with Crippen LogP contribution in [0.25, 0.3) is 10.8 Å². The van der Waals surface area contributed by atoms with Gasteiger partial charge in [-0.3, -0.25) is 9.59 Å². The summed E-state index contributed by atoms with van der Waals surface area (Å²) in [5, 5.41) is 10.3. The Kier molecular flexibility index (Phi) is 4.08. The Morgan fingerprint density at radius 3 is 2.75 bits per heavy atom. The third-order valence-electron chi connectivity index (χ3n) is 3.24. The molecule has 0 unspecified atom stereocenters. The molecule has 1 aromatic carbocycles. The van der Waals surface area contributed by atoms with E-state index >= 15 is 0 Å². The lowest BCUT2D eigenvalue weighted by molar-refractivity contribution is -0.135. The summed E-state index contributed by atoms with van der Waals surface area (Å²) in [7, 11) is 1.72. The number of carboxylic acid groups (broad SMARTS) is 1. The van der Waals surface area contributed by atoms with Gasteiger partial charge >= 0.3 is 5.97 Å². The van der Waals surface area contributed by atoms with Gasteiger partial charge in [-0.15, -0.1) is 0 Å². The van der Waals surface area contributed by atoms with Crippen LogP contribution in [0.3, 0.4) is 0 Å². The summed E-state index contributed by atoms with van der Waals surface area (Å²) in [6.45, 7) is 2.66. The van der Waals surface area contributed by atoms with Crippen LogP contribution in [-0.4, -0.2) is 29.2 Å². The van der Waals surface area contributed by atoms with Crippen LogP contribution < -0.4 is 10.5 Å². The Balaban J connectivity index is 2.43. The highest BCUT2D eigenvalue weighted by Gasteiger charge is 2.08. The Morgan fingerprint density at radius 1 is 1.35 bits per heavy atom. The van der Waals surface area contributed by atoms with E-state index in [1.165, 1.54) is 0 Å². The zero-order chi connectivity index (χ0) is 14.7. The van der Waals surface area contributed by atoms with E-state index in [1.54, 1.807) is 34.8 Å². The van der Waals surface area contributed by atoms with Crippen molar-refractivity contribution in [1.82, 2.24) is 4.57 Å². The van der Waals surface area contributed by atoms with Crippen molar-refractivity contribution in [3.63, 3.8) is 0 Å². The minimum absolute atomic E-state index is 0.00297. The molecule has 0 fully saturated rings. The summed E-state index contributed by atoms with van der Waals surface area (Å²) in [6.07, 6.45) is 2.69. The molecule has 2 aromatic rings. The van der Waals surface area contributed by atoms with Crippen molar-refractivity contribution in [2.75, 3.05) is 18.5 Å². The molecule has 1 N–H and O–H groups in total. The lowest BCUT2D eigenvalue weighted by atomic mass is 10.1. The van der Waals surface area contributed by atoms with Crippen LogP contribution in [0.1, 0.15) is 13.3 Å². The van der Waals surface area contributed by atoms with Gasteiger partial charge in [-0.1, -0.05) is 6.92 Å². The summed E-state index contributed by atoms with van der Waals surface area (Å²) in [5.74, 6) is -0.883. The summed E-state index contributed by atoms with van der Waals surface area (Å²) < 4.78 is 1.70. The molecule has 0 aliphatic rings. The number of nitrogens with zero attached hydrogens (tertiary/aromatic N) is 2. The van der Waals surface area contributed by atoms with Crippen LogP contribution in [0, 0.1) is 0 Å². The zero-order valence-electron chi connectivity index (χ0n) is 11.7. The summed E-state index contributed by atoms with van der Waals surface area (Å²) in [6, 6.07) is 7.28. The number of anilines is 1. The summed E-state index contributed by atoms with van der Waals surface area (Å²) in [4.78, 5) is 24.6. The highest BCUT2D eigenvalue weighted by atomic mass is 16.4. The van der Waals surface area contributed by atoms with Gasteiger partial charge in [0.2, 0.25) is 0 Å². The lowest BCUT2D eigenvalue weighted by Crippen LogP contribution is -2.25. The largest absolute Gasteiger partial charge is 0.480 e. The second-order valence-corrected chi connectivity index (χ2v) is 4.84. The Labute approximate surface area is 117 Å². The molecule has 0 bridgehead atoms. The molecule has 0 saturated heterocycles. The van der Waals surface area contributed by atoms with E-state index in [1.807, 2.05) is 19.1 Å². The monoisotopic (exact) mass is 274 g/mol. The topological polar surface area (TPSA) is 62.5 Å². The molecule has 2 rings (SSSR count). The number of aromatic nitrogens is 1. The number of rotatable bonds is 5. The van der Waals surface area contributed by atoms with Crippen LogP contribution in [0.4, 0.5) is 5.69 Å². The number of carbonyl (C=O) groups is 1. The van der Waals surface area contributed by atoms with E-state index < -0.39 is 5.97 Å². The van der Waals surface area contributed by atoms with Gasteiger partial charge in [0.25, 0.3) is 5.56 Å². The number of fused-ring (bicyclic) bond motifs is 1. The molecule has 0 amide bonds. The van der Waals surface area contributed by atoms with Gasteiger partial charge in [-0.2, -0.15) is 0 Å². The van der Waals surface area contributed by atoms with Crippen molar-refractivity contribution in [1.29, 1.82) is 0 Å². The van der Waals surface area contributed by atoms with Gasteiger partial charge < -0.3 is 14.6 Å². The Hall–Kier alpha value is -2.30. The van der Waals surface area contributed by atoms with Crippen LogP contribution in [0.5, 0.6) is 0 Å². The van der Waals surface area contributed by atoms with Crippen molar-refractivity contribution in [2.45, 2.75) is 19.9 Å². The number of likely N-dealkylation sites (N-methyl/N-ethyl adjacent to an activating group) is 1. The first kappa shape index (κ1) is 14.1. The number of aliphatic carboxylic acids is 1. The lowest BCUT2D eigenvalue weighted by Gasteiger charge is -2.17. The Morgan fingerprint density at radius 2 is 2.10 bits per heavy atom. The second kappa shape index (κ2) is 5.77. The highest BCUT2D eigenvalue weighted by molar-refractivity contribution is 5.85. The van der Waals surface area contributed by atoms with Gasteiger partial charge in [0.05, 0.1) is 0 Å². The van der Waals surface area contributed by atoms with Crippen molar-refractivity contribution in [3.8, 4) is 0 Å². The summed E-state index contributed by atoms with van der Waals surface area (Å²) >= 11 is 0. The molecule has 1 aromatic heterocycles. The van der Waals surface area contributed by atoms with Crippen LogP contribution in [-0.2, 0) is 11.3 Å². The molecule has 0 spiro atoms. The molecule has 0 radical (unpaired) electrons. The molecule has 0 atom stereocenters. The molecule has 5 heteroatoms. The zero-order valence-corrected chi connectivity index (χ0v) is 11.7. The van der Waals surface area contributed by atoms with Gasteiger partial charge in [0.1, 0.15) is 6.54 Å². The molecule has 20 heavy (non-hydrogen) atoms. The number of aryl methyl sites for hydroxylation is 1. The van der Waals surface area contributed by atoms with Crippen LogP contribution in [0.2, 0.25) is 0 Å². The minimum Gasteiger partial charge on any atom is -0.480 e. The molecular weight excluding hydrogens is 256 g/mol. The van der Waals surface area contributed by atoms with Crippen molar-refractivity contribution in [2.24, 2.45) is 0 Å². The molecule has 0 aliphatic carbocycles. The number of carboxylic acids is 1. The number of pyridine rings is 1. The minimum atomic E-state index is -0.883. The molecule has 0 aliphatic heterocycles. The quantitative estimate of drug-likeness (QED) is 0.905. The van der Waals surface area contributed by atoms with Crippen LogP contribution >= 0.6 is 0 Å². The number of hydrogen-bond acceptors (Lipinski definition) is 3. The maximum Gasteiger partial charge on any atom is 0.323 e. The first-order chi connectivity index (χ1) is 9.52. The van der Waals surface area contributed by atoms with E-state index in [-0.39, 0.29) is 12.1 Å². The maximum atomic E-state index is 12.2. The van der Waals surface area contributed by atoms with E-state index in [2.05, 4.69) is 0 Å². The predicted molar refractivity (Wildman–Crippen MR) is 79.4 cm³/mol. The number of benzene rings is 1. The predicted octanol–water partition coefficient (Wildman–Crippen LogP) is 1.93. The molecule has 1 heterocycles.